The molecule has 1 heterocycles. The van der Waals surface area contributed by atoms with Gasteiger partial charge in [-0.1, -0.05) is 15.9 Å². The summed E-state index contributed by atoms with van der Waals surface area (Å²) < 4.78 is 6.83. The second kappa shape index (κ2) is 5.29. The van der Waals surface area contributed by atoms with Gasteiger partial charge in [0, 0.05) is 11.0 Å². The third-order valence-corrected chi connectivity index (χ3v) is 3.67. The Labute approximate surface area is 116 Å². The SMILES string of the molecule is CC1(C)CCC(CNc2ccc(Br)cc2C#N)O1. The Kier molecular flexibility index (Phi) is 3.94. The summed E-state index contributed by atoms with van der Waals surface area (Å²) in [7, 11) is 0. The molecule has 1 aromatic rings. The Morgan fingerprint density at radius 3 is 2.94 bits per heavy atom. The Bertz CT molecular complexity index is 479. The van der Waals surface area contributed by atoms with Crippen LogP contribution in [0.1, 0.15) is 32.3 Å². The van der Waals surface area contributed by atoms with Crippen molar-refractivity contribution in [3.8, 4) is 6.07 Å². The van der Waals surface area contributed by atoms with Crippen LogP contribution in [0.25, 0.3) is 0 Å². The van der Waals surface area contributed by atoms with E-state index in [2.05, 4.69) is 41.2 Å². The minimum atomic E-state index is -0.00980. The van der Waals surface area contributed by atoms with Gasteiger partial charge in [0.1, 0.15) is 6.07 Å². The minimum absolute atomic E-state index is 0.00980. The van der Waals surface area contributed by atoms with Crippen LogP contribution in [0.15, 0.2) is 22.7 Å². The van der Waals surface area contributed by atoms with Gasteiger partial charge in [0.25, 0.3) is 0 Å². The van der Waals surface area contributed by atoms with Gasteiger partial charge in [-0.2, -0.15) is 5.26 Å². The highest BCUT2D eigenvalue weighted by molar-refractivity contribution is 9.10. The standard InChI is InChI=1S/C14H17BrN2O/c1-14(2)6-5-12(18-14)9-17-13-4-3-11(15)7-10(13)8-16/h3-4,7,12,17H,5-6,9H2,1-2H3. The van der Waals surface area contributed by atoms with Crippen LogP contribution in [0.4, 0.5) is 5.69 Å². The van der Waals surface area contributed by atoms with Crippen molar-refractivity contribution in [1.29, 1.82) is 5.26 Å². The molecule has 2 rings (SSSR count). The zero-order chi connectivity index (χ0) is 13.2. The van der Waals surface area contributed by atoms with E-state index in [4.69, 9.17) is 10.00 Å². The van der Waals surface area contributed by atoms with Crippen molar-refractivity contribution in [1.82, 2.24) is 0 Å². The molecular weight excluding hydrogens is 292 g/mol. The predicted molar refractivity (Wildman–Crippen MR) is 75.5 cm³/mol. The van der Waals surface area contributed by atoms with Gasteiger partial charge in [0.2, 0.25) is 0 Å². The van der Waals surface area contributed by atoms with Gasteiger partial charge in [0.15, 0.2) is 0 Å². The maximum atomic E-state index is 9.08. The smallest absolute Gasteiger partial charge is 0.101 e. The summed E-state index contributed by atoms with van der Waals surface area (Å²) >= 11 is 3.37. The molecule has 1 aliphatic heterocycles. The van der Waals surface area contributed by atoms with Gasteiger partial charge in [0.05, 0.1) is 23.0 Å². The third kappa shape index (κ3) is 3.24. The fourth-order valence-corrected chi connectivity index (χ4v) is 2.57. The van der Waals surface area contributed by atoms with E-state index in [-0.39, 0.29) is 11.7 Å². The maximum Gasteiger partial charge on any atom is 0.101 e. The molecule has 0 saturated carbocycles. The monoisotopic (exact) mass is 308 g/mol. The van der Waals surface area contributed by atoms with Crippen LogP contribution < -0.4 is 5.32 Å². The van der Waals surface area contributed by atoms with Crippen molar-refractivity contribution in [3.05, 3.63) is 28.2 Å². The topological polar surface area (TPSA) is 45.0 Å². The summed E-state index contributed by atoms with van der Waals surface area (Å²) in [6, 6.07) is 7.87. The lowest BCUT2D eigenvalue weighted by Crippen LogP contribution is -2.25. The first-order chi connectivity index (χ1) is 8.50. The third-order valence-electron chi connectivity index (χ3n) is 3.18. The van der Waals surface area contributed by atoms with Crippen LogP contribution in [0.2, 0.25) is 0 Å². The number of nitrogens with one attached hydrogen (secondary N) is 1. The number of nitrogens with zero attached hydrogens (tertiary/aromatic N) is 1. The van der Waals surface area contributed by atoms with E-state index in [1.165, 1.54) is 0 Å². The first-order valence-corrected chi connectivity index (χ1v) is 6.91. The molecule has 1 N–H and O–H groups in total. The normalized spacial score (nSPS) is 21.6. The summed E-state index contributed by atoms with van der Waals surface area (Å²) in [5.41, 5.74) is 1.51. The molecule has 1 aliphatic rings. The van der Waals surface area contributed by atoms with Crippen molar-refractivity contribution >= 4 is 21.6 Å². The van der Waals surface area contributed by atoms with Crippen molar-refractivity contribution in [3.63, 3.8) is 0 Å². The average Bonchev–Trinajstić information content (AvgIpc) is 2.67. The highest BCUT2D eigenvalue weighted by Gasteiger charge is 2.31. The molecule has 0 aliphatic carbocycles. The van der Waals surface area contributed by atoms with Crippen molar-refractivity contribution in [2.45, 2.75) is 38.4 Å². The predicted octanol–water partition coefficient (Wildman–Crippen LogP) is 3.69. The van der Waals surface area contributed by atoms with E-state index in [0.29, 0.717) is 5.56 Å². The molecule has 0 spiro atoms. The number of hydrogen-bond donors (Lipinski definition) is 1. The number of hydrogen-bond acceptors (Lipinski definition) is 3. The van der Waals surface area contributed by atoms with Gasteiger partial charge in [-0.3, -0.25) is 0 Å². The molecule has 1 fully saturated rings. The van der Waals surface area contributed by atoms with Gasteiger partial charge < -0.3 is 10.1 Å². The lowest BCUT2D eigenvalue weighted by atomic mass is 10.1. The van der Waals surface area contributed by atoms with E-state index in [0.717, 1.165) is 29.5 Å². The van der Waals surface area contributed by atoms with Crippen LogP contribution in [0.5, 0.6) is 0 Å². The molecule has 18 heavy (non-hydrogen) atoms. The summed E-state index contributed by atoms with van der Waals surface area (Å²) in [4.78, 5) is 0. The van der Waals surface area contributed by atoms with E-state index in [1.807, 2.05) is 18.2 Å². The quantitative estimate of drug-likeness (QED) is 0.926. The van der Waals surface area contributed by atoms with Gasteiger partial charge in [-0.15, -0.1) is 0 Å². The molecule has 96 valence electrons. The summed E-state index contributed by atoms with van der Waals surface area (Å²) in [6.07, 6.45) is 2.39. The van der Waals surface area contributed by atoms with E-state index in [9.17, 15) is 0 Å². The van der Waals surface area contributed by atoms with Crippen LogP contribution in [0.3, 0.4) is 0 Å². The van der Waals surface area contributed by atoms with Crippen LogP contribution >= 0.6 is 15.9 Å². The molecule has 0 amide bonds. The number of anilines is 1. The first kappa shape index (κ1) is 13.4. The largest absolute Gasteiger partial charge is 0.381 e. The Balaban J connectivity index is 1.97. The lowest BCUT2D eigenvalue weighted by Gasteiger charge is -2.20. The first-order valence-electron chi connectivity index (χ1n) is 6.11. The van der Waals surface area contributed by atoms with E-state index in [1.54, 1.807) is 0 Å². The van der Waals surface area contributed by atoms with Crippen molar-refractivity contribution < 1.29 is 4.74 Å². The van der Waals surface area contributed by atoms with Gasteiger partial charge in [-0.05, 0) is 44.9 Å². The lowest BCUT2D eigenvalue weighted by molar-refractivity contribution is -0.00910. The molecule has 1 aromatic carbocycles. The Hall–Kier alpha value is -1.05. The number of rotatable bonds is 3. The van der Waals surface area contributed by atoms with Gasteiger partial charge >= 0.3 is 0 Å². The van der Waals surface area contributed by atoms with Crippen molar-refractivity contribution in [2.24, 2.45) is 0 Å². The molecule has 0 radical (unpaired) electrons. The second-order valence-corrected chi connectivity index (χ2v) is 6.14. The summed E-state index contributed by atoms with van der Waals surface area (Å²) in [5.74, 6) is 0. The Morgan fingerprint density at radius 2 is 2.33 bits per heavy atom. The minimum Gasteiger partial charge on any atom is -0.381 e. The molecule has 0 bridgehead atoms. The highest BCUT2D eigenvalue weighted by atomic mass is 79.9. The fourth-order valence-electron chi connectivity index (χ4n) is 2.21. The molecule has 4 heteroatoms. The van der Waals surface area contributed by atoms with E-state index < -0.39 is 0 Å². The second-order valence-electron chi connectivity index (χ2n) is 5.22. The molecule has 1 unspecified atom stereocenters. The molecule has 1 saturated heterocycles. The molecular formula is C14H17BrN2O. The number of nitriles is 1. The van der Waals surface area contributed by atoms with Crippen LogP contribution in [-0.2, 0) is 4.74 Å². The average molecular weight is 309 g/mol. The zero-order valence-corrected chi connectivity index (χ0v) is 12.3. The fraction of sp³-hybridized carbons (Fsp3) is 0.500. The van der Waals surface area contributed by atoms with E-state index >= 15 is 0 Å². The van der Waals surface area contributed by atoms with Gasteiger partial charge in [-0.25, -0.2) is 0 Å². The maximum absolute atomic E-state index is 9.08. The van der Waals surface area contributed by atoms with Crippen molar-refractivity contribution in [2.75, 3.05) is 11.9 Å². The molecule has 1 atom stereocenters. The molecule has 3 nitrogen and oxygen atoms in total. The van der Waals surface area contributed by atoms with Crippen LogP contribution in [-0.4, -0.2) is 18.2 Å². The zero-order valence-electron chi connectivity index (χ0n) is 10.7. The summed E-state index contributed by atoms with van der Waals surface area (Å²) in [6.45, 7) is 4.99. The highest BCUT2D eigenvalue weighted by Crippen LogP contribution is 2.29. The summed E-state index contributed by atoms with van der Waals surface area (Å²) in [5, 5.41) is 12.4. The Morgan fingerprint density at radius 1 is 1.56 bits per heavy atom. The number of benzene rings is 1. The number of halogens is 1. The number of ether oxygens (including phenoxy) is 1. The molecule has 0 aromatic heterocycles. The van der Waals surface area contributed by atoms with Crippen LogP contribution in [0, 0.1) is 11.3 Å².